The average Bonchev–Trinajstić information content (AvgIpc) is 3.25. The van der Waals surface area contributed by atoms with E-state index in [2.05, 4.69) is 6.58 Å². The van der Waals surface area contributed by atoms with Crippen molar-refractivity contribution in [3.63, 3.8) is 0 Å². The van der Waals surface area contributed by atoms with Crippen LogP contribution in [0.25, 0.3) is 0 Å². The van der Waals surface area contributed by atoms with Crippen molar-refractivity contribution in [3.8, 4) is 17.2 Å². The van der Waals surface area contributed by atoms with E-state index in [-0.39, 0.29) is 24.3 Å². The number of hydrogen-bond acceptors (Lipinski definition) is 7. The van der Waals surface area contributed by atoms with Crippen molar-refractivity contribution in [2.45, 2.75) is 30.5 Å². The molecule has 1 aromatic rings. The SMILES string of the molecule is C=CCC1=C[C@]2(OC)C(=O)[C@@](OC)(C1=O)[C@H](c1cc(OC)c3c(c1)OCO3)[C@H]2C. The summed E-state index contributed by atoms with van der Waals surface area (Å²) in [6.45, 7) is 5.70. The molecule has 0 saturated heterocycles. The maximum absolute atomic E-state index is 13.6. The number of rotatable bonds is 6. The lowest BCUT2D eigenvalue weighted by Crippen LogP contribution is -2.57. The van der Waals surface area contributed by atoms with Crippen LogP contribution in [0.15, 0.2) is 36.4 Å². The molecule has 0 spiro atoms. The van der Waals surface area contributed by atoms with Gasteiger partial charge in [-0.3, -0.25) is 9.59 Å². The molecule has 4 atom stereocenters. The van der Waals surface area contributed by atoms with Gasteiger partial charge in [0, 0.05) is 31.6 Å². The fraction of sp³-hybridized carbons (Fsp3) is 0.455. The summed E-state index contributed by atoms with van der Waals surface area (Å²) in [5, 5.41) is 0. The standard InChI is InChI=1S/C22H24O7/c1-6-7-13-10-21(26-4)12(2)17(22(27-5,19(13)23)20(21)24)14-8-15(25-3)18-16(9-14)28-11-29-18/h6,8-10,12,17H,1,7,11H2,2-5H3/t12-,17+,21-,22+/m1/s1. The minimum atomic E-state index is -1.69. The van der Waals surface area contributed by atoms with Crippen molar-refractivity contribution in [1.82, 2.24) is 0 Å². The van der Waals surface area contributed by atoms with Crippen LogP contribution >= 0.6 is 0 Å². The van der Waals surface area contributed by atoms with Gasteiger partial charge >= 0.3 is 0 Å². The molecule has 1 fully saturated rings. The van der Waals surface area contributed by atoms with Crippen LogP contribution in [-0.4, -0.2) is 50.9 Å². The molecule has 1 heterocycles. The van der Waals surface area contributed by atoms with E-state index in [4.69, 9.17) is 23.7 Å². The predicted octanol–water partition coefficient (Wildman–Crippen LogP) is 2.58. The number of fused-ring (bicyclic) bond motifs is 3. The van der Waals surface area contributed by atoms with Crippen LogP contribution in [0.2, 0.25) is 0 Å². The van der Waals surface area contributed by atoms with Gasteiger partial charge in [-0.05, 0) is 30.2 Å². The molecular weight excluding hydrogens is 376 g/mol. The van der Waals surface area contributed by atoms with Crippen LogP contribution < -0.4 is 14.2 Å². The molecule has 2 bridgehead atoms. The van der Waals surface area contributed by atoms with Gasteiger partial charge in [-0.15, -0.1) is 6.58 Å². The Hall–Kier alpha value is -2.64. The van der Waals surface area contributed by atoms with Gasteiger partial charge in [0.2, 0.25) is 18.3 Å². The van der Waals surface area contributed by atoms with Gasteiger partial charge < -0.3 is 23.7 Å². The number of carbonyl (C=O) groups is 2. The Labute approximate surface area is 169 Å². The van der Waals surface area contributed by atoms with E-state index in [9.17, 15) is 9.59 Å². The topological polar surface area (TPSA) is 80.3 Å². The largest absolute Gasteiger partial charge is 0.493 e. The molecule has 0 amide bonds. The van der Waals surface area contributed by atoms with Crippen LogP contribution in [0.5, 0.6) is 17.2 Å². The first kappa shape index (κ1) is 19.7. The zero-order valence-electron chi connectivity index (χ0n) is 16.9. The molecule has 154 valence electrons. The zero-order chi connectivity index (χ0) is 21.0. The van der Waals surface area contributed by atoms with E-state index >= 15 is 0 Å². The maximum atomic E-state index is 13.6. The predicted molar refractivity (Wildman–Crippen MR) is 103 cm³/mol. The molecular formula is C22H24O7. The Balaban J connectivity index is 1.96. The summed E-state index contributed by atoms with van der Waals surface area (Å²) in [4.78, 5) is 27.1. The highest BCUT2D eigenvalue weighted by atomic mass is 16.7. The Morgan fingerprint density at radius 2 is 1.97 bits per heavy atom. The van der Waals surface area contributed by atoms with Gasteiger partial charge in [0.05, 0.1) is 7.11 Å². The Morgan fingerprint density at radius 1 is 1.21 bits per heavy atom. The molecule has 4 rings (SSSR count). The second kappa shape index (κ2) is 6.71. The molecule has 1 saturated carbocycles. The fourth-order valence-electron chi connectivity index (χ4n) is 5.05. The second-order valence-electron chi connectivity index (χ2n) is 7.48. The lowest BCUT2D eigenvalue weighted by atomic mass is 9.75. The van der Waals surface area contributed by atoms with Crippen LogP contribution in [0.3, 0.4) is 0 Å². The summed E-state index contributed by atoms with van der Waals surface area (Å²) in [6, 6.07) is 3.55. The Bertz CT molecular complexity index is 933. The highest BCUT2D eigenvalue weighted by molar-refractivity contribution is 6.26. The number of carbonyl (C=O) groups excluding carboxylic acids is 2. The third kappa shape index (κ3) is 2.31. The monoisotopic (exact) mass is 400 g/mol. The maximum Gasteiger partial charge on any atom is 0.231 e. The highest BCUT2D eigenvalue weighted by Crippen LogP contribution is 2.59. The van der Waals surface area contributed by atoms with E-state index in [0.717, 1.165) is 0 Å². The molecule has 0 aromatic heterocycles. The number of hydrogen-bond donors (Lipinski definition) is 0. The van der Waals surface area contributed by atoms with Crippen LogP contribution in [0, 0.1) is 5.92 Å². The van der Waals surface area contributed by atoms with Gasteiger partial charge in [-0.25, -0.2) is 0 Å². The van der Waals surface area contributed by atoms with Gasteiger partial charge in [0.25, 0.3) is 0 Å². The number of benzene rings is 1. The number of ketones is 2. The zero-order valence-corrected chi connectivity index (χ0v) is 16.9. The molecule has 1 aromatic carbocycles. The van der Waals surface area contributed by atoms with Gasteiger partial charge in [-0.1, -0.05) is 13.0 Å². The van der Waals surface area contributed by atoms with Crippen LogP contribution in [-0.2, 0) is 19.1 Å². The molecule has 3 aliphatic rings. The molecule has 7 nitrogen and oxygen atoms in total. The van der Waals surface area contributed by atoms with Gasteiger partial charge in [0.1, 0.15) is 0 Å². The minimum Gasteiger partial charge on any atom is -0.493 e. The third-order valence-corrected chi connectivity index (χ3v) is 6.39. The third-order valence-electron chi connectivity index (χ3n) is 6.39. The number of Topliss-reactive ketones (excluding diaryl/α,β-unsaturated/α-hetero) is 2. The van der Waals surface area contributed by atoms with Gasteiger partial charge in [-0.2, -0.15) is 0 Å². The van der Waals surface area contributed by atoms with Crippen molar-refractivity contribution >= 4 is 11.6 Å². The summed E-state index contributed by atoms with van der Waals surface area (Å²) >= 11 is 0. The fourth-order valence-corrected chi connectivity index (χ4v) is 5.05. The van der Waals surface area contributed by atoms with E-state index < -0.39 is 17.1 Å². The first-order valence-corrected chi connectivity index (χ1v) is 9.41. The van der Waals surface area contributed by atoms with E-state index in [0.29, 0.717) is 34.8 Å². The molecule has 2 aliphatic carbocycles. The van der Waals surface area contributed by atoms with E-state index in [1.54, 1.807) is 24.3 Å². The summed E-state index contributed by atoms with van der Waals surface area (Å²) in [6.07, 6.45) is 3.60. The molecule has 0 radical (unpaired) electrons. The number of ether oxygens (including phenoxy) is 5. The lowest BCUT2D eigenvalue weighted by Gasteiger charge is -2.35. The average molecular weight is 400 g/mol. The number of allylic oxidation sites excluding steroid dienone is 1. The second-order valence-corrected chi connectivity index (χ2v) is 7.48. The normalized spacial score (nSPS) is 32.3. The molecule has 29 heavy (non-hydrogen) atoms. The summed E-state index contributed by atoms with van der Waals surface area (Å²) in [5.41, 5.74) is -1.81. The van der Waals surface area contributed by atoms with Crippen LogP contribution in [0.1, 0.15) is 24.8 Å². The minimum absolute atomic E-state index is 0.0791. The Morgan fingerprint density at radius 3 is 2.59 bits per heavy atom. The highest BCUT2D eigenvalue weighted by Gasteiger charge is 2.73. The van der Waals surface area contributed by atoms with Crippen molar-refractivity contribution in [2.75, 3.05) is 28.1 Å². The first-order chi connectivity index (χ1) is 13.9. The first-order valence-electron chi connectivity index (χ1n) is 9.41. The summed E-state index contributed by atoms with van der Waals surface area (Å²) < 4.78 is 28.0. The number of methoxy groups -OCH3 is 3. The lowest BCUT2D eigenvalue weighted by molar-refractivity contribution is -0.159. The summed E-state index contributed by atoms with van der Waals surface area (Å²) in [5.74, 6) is -0.248. The molecule has 0 unspecified atom stereocenters. The smallest absolute Gasteiger partial charge is 0.231 e. The summed E-state index contributed by atoms with van der Waals surface area (Å²) in [7, 11) is 4.40. The van der Waals surface area contributed by atoms with Crippen molar-refractivity contribution < 1.29 is 33.3 Å². The quantitative estimate of drug-likeness (QED) is 0.536. The van der Waals surface area contributed by atoms with Crippen molar-refractivity contribution in [2.24, 2.45) is 5.92 Å². The van der Waals surface area contributed by atoms with E-state index in [1.165, 1.54) is 21.3 Å². The molecule has 1 aliphatic heterocycles. The molecule has 7 heteroatoms. The molecule has 0 N–H and O–H groups in total. The van der Waals surface area contributed by atoms with Gasteiger partial charge in [0.15, 0.2) is 28.5 Å². The Kier molecular flexibility index (Phi) is 4.55. The van der Waals surface area contributed by atoms with E-state index in [1.807, 2.05) is 6.92 Å². The van der Waals surface area contributed by atoms with Crippen molar-refractivity contribution in [1.29, 1.82) is 0 Å². The van der Waals surface area contributed by atoms with Crippen LogP contribution in [0.4, 0.5) is 0 Å². The van der Waals surface area contributed by atoms with Crippen molar-refractivity contribution in [3.05, 3.63) is 42.0 Å².